The van der Waals surface area contributed by atoms with Crippen molar-refractivity contribution in [1.82, 2.24) is 10.2 Å². The molecule has 2 rings (SSSR count). The van der Waals surface area contributed by atoms with Gasteiger partial charge in [-0.3, -0.25) is 13.9 Å². The normalized spacial score (nSPS) is 12.4. The third-order valence-corrected chi connectivity index (χ3v) is 7.22. The average molecular weight is 516 g/mol. The van der Waals surface area contributed by atoms with Crippen molar-refractivity contribution in [3.8, 4) is 0 Å². The van der Waals surface area contributed by atoms with Gasteiger partial charge in [-0.05, 0) is 47.9 Å². The van der Waals surface area contributed by atoms with E-state index >= 15 is 0 Å². The molecule has 0 radical (unpaired) electrons. The summed E-state index contributed by atoms with van der Waals surface area (Å²) < 4.78 is 26.5. The van der Waals surface area contributed by atoms with E-state index in [1.165, 1.54) is 4.90 Å². The summed E-state index contributed by atoms with van der Waals surface area (Å²) in [6.07, 6.45) is 2.08. The number of carbonyl (C=O) groups is 2. The van der Waals surface area contributed by atoms with Gasteiger partial charge < -0.3 is 10.2 Å². The van der Waals surface area contributed by atoms with E-state index in [0.29, 0.717) is 37.5 Å². The van der Waals surface area contributed by atoms with E-state index in [-0.39, 0.29) is 18.4 Å². The van der Waals surface area contributed by atoms with Crippen LogP contribution in [0.1, 0.15) is 58.1 Å². The average Bonchev–Trinajstić information content (AvgIpc) is 2.83. The minimum absolute atomic E-state index is 0.222. The number of benzene rings is 2. The molecule has 2 amide bonds. The first-order valence-electron chi connectivity index (χ1n) is 12.6. The lowest BCUT2D eigenvalue weighted by Crippen LogP contribution is -2.53. The molecule has 198 valence electrons. The van der Waals surface area contributed by atoms with Gasteiger partial charge in [0.15, 0.2) is 0 Å². The number of rotatable bonds is 13. The van der Waals surface area contributed by atoms with Crippen LogP contribution in [-0.2, 0) is 26.0 Å². The number of sulfonamides is 1. The van der Waals surface area contributed by atoms with Crippen molar-refractivity contribution in [2.45, 2.75) is 59.4 Å². The number of hydrogen-bond donors (Lipinski definition) is 1. The summed E-state index contributed by atoms with van der Waals surface area (Å²) in [5.41, 5.74) is 2.54. The molecule has 7 nitrogen and oxygen atoms in total. The Hall–Kier alpha value is -2.87. The molecule has 0 saturated heterocycles. The molecule has 0 bridgehead atoms. The summed E-state index contributed by atoms with van der Waals surface area (Å²) in [6.45, 7) is 10.4. The highest BCUT2D eigenvalue weighted by Gasteiger charge is 2.31. The molecule has 0 aliphatic carbocycles. The van der Waals surface area contributed by atoms with Gasteiger partial charge in [0.05, 0.1) is 11.9 Å². The predicted octanol–water partition coefficient (Wildman–Crippen LogP) is 4.20. The Labute approximate surface area is 216 Å². The summed E-state index contributed by atoms with van der Waals surface area (Å²) in [5.74, 6) is -0.0550. The molecule has 0 saturated carbocycles. The Morgan fingerprint density at radius 3 is 2.06 bits per heavy atom. The van der Waals surface area contributed by atoms with E-state index in [0.717, 1.165) is 21.7 Å². The van der Waals surface area contributed by atoms with Gasteiger partial charge >= 0.3 is 0 Å². The number of hydrogen-bond acceptors (Lipinski definition) is 4. The molecular weight excluding hydrogens is 474 g/mol. The van der Waals surface area contributed by atoms with E-state index in [1.807, 2.05) is 63.2 Å². The molecule has 0 unspecified atom stereocenters. The van der Waals surface area contributed by atoms with Crippen molar-refractivity contribution < 1.29 is 18.0 Å². The van der Waals surface area contributed by atoms with E-state index < -0.39 is 22.0 Å². The topological polar surface area (TPSA) is 86.8 Å². The lowest BCUT2D eigenvalue weighted by Gasteiger charge is -2.33. The zero-order valence-corrected chi connectivity index (χ0v) is 23.2. The van der Waals surface area contributed by atoms with Crippen LogP contribution < -0.4 is 9.62 Å². The smallest absolute Gasteiger partial charge is 0.244 e. The summed E-state index contributed by atoms with van der Waals surface area (Å²) in [4.78, 5) is 28.2. The fraction of sp³-hybridized carbons (Fsp3) is 0.500. The van der Waals surface area contributed by atoms with Crippen molar-refractivity contribution in [2.24, 2.45) is 5.92 Å². The second kappa shape index (κ2) is 13.4. The first kappa shape index (κ1) is 29.4. The van der Waals surface area contributed by atoms with Crippen molar-refractivity contribution in [3.05, 3.63) is 65.7 Å². The number of carbonyl (C=O) groups excluding carboxylic acids is 2. The minimum Gasteiger partial charge on any atom is -0.354 e. The molecule has 1 atom stereocenters. The Morgan fingerprint density at radius 1 is 0.944 bits per heavy atom. The molecule has 0 spiro atoms. The van der Waals surface area contributed by atoms with Crippen molar-refractivity contribution in [3.63, 3.8) is 0 Å². The predicted molar refractivity (Wildman–Crippen MR) is 147 cm³/mol. The second-order valence-electron chi connectivity index (χ2n) is 9.90. The molecule has 0 fully saturated rings. The van der Waals surface area contributed by atoms with Gasteiger partial charge in [-0.15, -0.1) is 0 Å². The van der Waals surface area contributed by atoms with Crippen LogP contribution >= 0.6 is 0 Å². The third-order valence-electron chi connectivity index (χ3n) is 6.08. The van der Waals surface area contributed by atoms with Gasteiger partial charge in [-0.25, -0.2) is 8.42 Å². The Morgan fingerprint density at radius 2 is 1.56 bits per heavy atom. The van der Waals surface area contributed by atoms with Crippen LogP contribution in [0.25, 0.3) is 0 Å². The lowest BCUT2D eigenvalue weighted by atomic mass is 10.0. The van der Waals surface area contributed by atoms with Crippen molar-refractivity contribution in [2.75, 3.05) is 30.2 Å². The molecule has 0 aliphatic rings. The largest absolute Gasteiger partial charge is 0.354 e. The SMILES string of the molecule is CC[C@@H](C(=O)NCC(C)C)N(CCc1ccccc1)C(=O)CN(c1ccc(C(C)C)cc1)S(C)(=O)=O. The third kappa shape index (κ3) is 8.66. The molecule has 0 aromatic heterocycles. The number of nitrogens with one attached hydrogen (secondary N) is 1. The maximum absolute atomic E-state index is 13.7. The van der Waals surface area contributed by atoms with Crippen LogP contribution in [-0.4, -0.2) is 57.1 Å². The zero-order chi connectivity index (χ0) is 26.9. The second-order valence-corrected chi connectivity index (χ2v) is 11.8. The maximum atomic E-state index is 13.7. The van der Waals surface area contributed by atoms with Crippen LogP contribution in [0.2, 0.25) is 0 Å². The van der Waals surface area contributed by atoms with E-state index in [4.69, 9.17) is 0 Å². The van der Waals surface area contributed by atoms with Gasteiger partial charge in [-0.1, -0.05) is 77.1 Å². The van der Waals surface area contributed by atoms with Gasteiger partial charge in [0, 0.05) is 13.1 Å². The summed E-state index contributed by atoms with van der Waals surface area (Å²) >= 11 is 0. The van der Waals surface area contributed by atoms with Crippen molar-refractivity contribution >= 4 is 27.5 Å². The molecule has 0 aliphatic heterocycles. The number of nitrogens with zero attached hydrogens (tertiary/aromatic N) is 2. The number of anilines is 1. The highest BCUT2D eigenvalue weighted by molar-refractivity contribution is 7.92. The molecule has 2 aromatic carbocycles. The Kier molecular flexibility index (Phi) is 11.0. The molecule has 36 heavy (non-hydrogen) atoms. The van der Waals surface area contributed by atoms with Gasteiger partial charge in [0.1, 0.15) is 12.6 Å². The van der Waals surface area contributed by atoms with Crippen LogP contribution in [0.3, 0.4) is 0 Å². The van der Waals surface area contributed by atoms with Crippen LogP contribution in [0.5, 0.6) is 0 Å². The maximum Gasteiger partial charge on any atom is 0.244 e. The van der Waals surface area contributed by atoms with Crippen LogP contribution in [0, 0.1) is 5.92 Å². The highest BCUT2D eigenvalue weighted by Crippen LogP contribution is 2.22. The number of amides is 2. The fourth-order valence-electron chi connectivity index (χ4n) is 3.96. The minimum atomic E-state index is -3.74. The fourth-order valence-corrected chi connectivity index (χ4v) is 4.81. The monoisotopic (exact) mass is 515 g/mol. The van der Waals surface area contributed by atoms with Gasteiger partial charge in [-0.2, -0.15) is 0 Å². The lowest BCUT2D eigenvalue weighted by molar-refractivity contribution is -0.139. The quantitative estimate of drug-likeness (QED) is 0.433. The van der Waals surface area contributed by atoms with E-state index in [9.17, 15) is 18.0 Å². The van der Waals surface area contributed by atoms with Gasteiger partial charge in [0.2, 0.25) is 21.8 Å². The molecule has 0 heterocycles. The molecular formula is C28H41N3O4S. The first-order valence-corrected chi connectivity index (χ1v) is 14.5. The van der Waals surface area contributed by atoms with Crippen LogP contribution in [0.4, 0.5) is 5.69 Å². The van der Waals surface area contributed by atoms with E-state index in [1.54, 1.807) is 12.1 Å². The summed E-state index contributed by atoms with van der Waals surface area (Å²) in [6, 6.07) is 16.3. The zero-order valence-electron chi connectivity index (χ0n) is 22.4. The molecule has 1 N–H and O–H groups in total. The highest BCUT2D eigenvalue weighted by atomic mass is 32.2. The molecule has 2 aromatic rings. The standard InChI is InChI=1S/C28H41N3O4S/c1-7-26(28(33)29-19-21(2)3)30(18-17-23-11-9-8-10-12-23)27(32)20-31(36(6,34)35)25-15-13-24(14-16-25)22(4)5/h8-16,21-22,26H,7,17-20H2,1-6H3,(H,29,33)/t26-/m0/s1. The van der Waals surface area contributed by atoms with Crippen molar-refractivity contribution in [1.29, 1.82) is 0 Å². The Balaban J connectivity index is 2.34. The van der Waals surface area contributed by atoms with Gasteiger partial charge in [0.25, 0.3) is 0 Å². The molecule has 8 heteroatoms. The van der Waals surface area contributed by atoms with Crippen LogP contribution in [0.15, 0.2) is 54.6 Å². The van der Waals surface area contributed by atoms with E-state index in [2.05, 4.69) is 19.2 Å². The first-order chi connectivity index (χ1) is 16.9. The summed E-state index contributed by atoms with van der Waals surface area (Å²) in [5, 5.41) is 2.93. The summed E-state index contributed by atoms with van der Waals surface area (Å²) in [7, 11) is -3.74. The Bertz CT molecular complexity index is 1080.